The number of hydrogen-bond donors (Lipinski definition) is 2. The molecule has 0 aliphatic carbocycles. The molecule has 1 aliphatic rings. The van der Waals surface area contributed by atoms with Crippen LogP contribution in [0.3, 0.4) is 0 Å². The minimum absolute atomic E-state index is 0.443. The third-order valence-corrected chi connectivity index (χ3v) is 4.93. The van der Waals surface area contributed by atoms with Gasteiger partial charge in [0.05, 0.1) is 0 Å². The predicted octanol–water partition coefficient (Wildman–Crippen LogP) is 3.64. The molecule has 0 saturated carbocycles. The van der Waals surface area contributed by atoms with Crippen LogP contribution in [0.25, 0.3) is 0 Å². The monoisotopic (exact) mass is 344 g/mol. The lowest BCUT2D eigenvalue weighted by Crippen LogP contribution is -2.21. The molecule has 0 bridgehead atoms. The van der Waals surface area contributed by atoms with E-state index in [2.05, 4.69) is 33.0 Å². The summed E-state index contributed by atoms with van der Waals surface area (Å²) in [4.78, 5) is 0.443. The van der Waals surface area contributed by atoms with Crippen LogP contribution in [0.5, 0.6) is 0 Å². The molecule has 1 saturated heterocycles. The lowest BCUT2D eigenvalue weighted by atomic mass is 10.0. The van der Waals surface area contributed by atoms with Crippen molar-refractivity contribution in [2.24, 2.45) is 11.7 Å². The summed E-state index contributed by atoms with van der Waals surface area (Å²) in [6, 6.07) is 6.03. The van der Waals surface area contributed by atoms with Crippen LogP contribution in [0.4, 0.5) is 5.69 Å². The van der Waals surface area contributed by atoms with Crippen molar-refractivity contribution in [1.82, 2.24) is 0 Å². The van der Waals surface area contributed by atoms with Crippen LogP contribution in [-0.4, -0.2) is 23.0 Å². The Morgan fingerprint density at radius 3 is 2.83 bits per heavy atom. The van der Waals surface area contributed by atoms with Crippen molar-refractivity contribution in [1.29, 1.82) is 0 Å². The van der Waals surface area contributed by atoms with E-state index in [1.54, 1.807) is 0 Å². The first-order valence-electron chi connectivity index (χ1n) is 6.08. The van der Waals surface area contributed by atoms with Gasteiger partial charge in [0.1, 0.15) is 4.99 Å². The Morgan fingerprint density at radius 2 is 2.17 bits per heavy atom. The number of rotatable bonds is 4. The summed E-state index contributed by atoms with van der Waals surface area (Å²) in [7, 11) is 0. The number of thioether (sulfide) groups is 1. The number of halogens is 1. The molecule has 0 amide bonds. The standard InChI is InChI=1S/C13H17BrN2S2/c14-10-1-2-12(11(7-10)13(15)17)16-8-9-3-5-18-6-4-9/h1-2,7,9,16H,3-6,8H2,(H2,15,17). The van der Waals surface area contributed by atoms with Gasteiger partial charge in [0, 0.05) is 22.3 Å². The van der Waals surface area contributed by atoms with Gasteiger partial charge >= 0.3 is 0 Å². The average Bonchev–Trinajstić information content (AvgIpc) is 2.38. The fourth-order valence-corrected chi connectivity index (χ4v) is 3.81. The largest absolute Gasteiger partial charge is 0.389 e. The highest BCUT2D eigenvalue weighted by Gasteiger charge is 2.14. The summed E-state index contributed by atoms with van der Waals surface area (Å²) in [6.45, 7) is 1.01. The SMILES string of the molecule is NC(=S)c1cc(Br)ccc1NCC1CCSCC1. The Balaban J connectivity index is 2.01. The summed E-state index contributed by atoms with van der Waals surface area (Å²) in [5.41, 5.74) is 7.73. The van der Waals surface area contributed by atoms with Gasteiger partial charge in [-0.1, -0.05) is 28.1 Å². The molecule has 0 radical (unpaired) electrons. The second kappa shape index (κ2) is 6.78. The summed E-state index contributed by atoms with van der Waals surface area (Å²) < 4.78 is 1.00. The zero-order valence-corrected chi connectivity index (χ0v) is 13.3. The molecule has 0 aromatic heterocycles. The van der Waals surface area contributed by atoms with Gasteiger partial charge in [0.2, 0.25) is 0 Å². The van der Waals surface area contributed by atoms with Crippen LogP contribution >= 0.6 is 39.9 Å². The molecule has 2 rings (SSSR count). The third-order valence-electron chi connectivity index (χ3n) is 3.17. The number of nitrogens with two attached hydrogens (primary N) is 1. The van der Waals surface area contributed by atoms with E-state index in [1.165, 1.54) is 24.3 Å². The number of anilines is 1. The molecule has 1 aromatic carbocycles. The van der Waals surface area contributed by atoms with E-state index in [9.17, 15) is 0 Å². The van der Waals surface area contributed by atoms with E-state index < -0.39 is 0 Å². The molecule has 0 spiro atoms. The maximum Gasteiger partial charge on any atom is 0.106 e. The van der Waals surface area contributed by atoms with E-state index in [1.807, 2.05) is 18.2 Å². The zero-order valence-electron chi connectivity index (χ0n) is 10.1. The summed E-state index contributed by atoms with van der Waals surface area (Å²) in [5.74, 6) is 3.35. The first-order chi connectivity index (χ1) is 8.66. The average molecular weight is 345 g/mol. The van der Waals surface area contributed by atoms with Crippen molar-refractivity contribution in [2.75, 3.05) is 23.4 Å². The zero-order chi connectivity index (χ0) is 13.0. The van der Waals surface area contributed by atoms with Gasteiger partial charge in [-0.3, -0.25) is 0 Å². The van der Waals surface area contributed by atoms with E-state index in [4.69, 9.17) is 18.0 Å². The molecule has 1 fully saturated rings. The fraction of sp³-hybridized carbons (Fsp3) is 0.462. The van der Waals surface area contributed by atoms with Crippen LogP contribution < -0.4 is 11.1 Å². The number of nitrogens with one attached hydrogen (secondary N) is 1. The van der Waals surface area contributed by atoms with Gasteiger partial charge in [-0.25, -0.2) is 0 Å². The van der Waals surface area contributed by atoms with Crippen LogP contribution in [-0.2, 0) is 0 Å². The number of hydrogen-bond acceptors (Lipinski definition) is 3. The van der Waals surface area contributed by atoms with Crippen molar-refractivity contribution >= 4 is 50.6 Å². The van der Waals surface area contributed by atoms with E-state index in [0.29, 0.717) is 4.99 Å². The van der Waals surface area contributed by atoms with Crippen LogP contribution in [0.15, 0.2) is 22.7 Å². The summed E-state index contributed by atoms with van der Waals surface area (Å²) in [6.07, 6.45) is 2.60. The maximum absolute atomic E-state index is 5.76. The van der Waals surface area contributed by atoms with E-state index in [-0.39, 0.29) is 0 Å². The molecule has 1 aromatic rings. The van der Waals surface area contributed by atoms with Crippen molar-refractivity contribution in [2.45, 2.75) is 12.8 Å². The fourth-order valence-electron chi connectivity index (χ4n) is 2.08. The molecule has 0 atom stereocenters. The van der Waals surface area contributed by atoms with Gasteiger partial charge in [-0.05, 0) is 48.5 Å². The topological polar surface area (TPSA) is 38.0 Å². The highest BCUT2D eigenvalue weighted by Crippen LogP contribution is 2.25. The van der Waals surface area contributed by atoms with Crippen LogP contribution in [0, 0.1) is 5.92 Å². The molecule has 18 heavy (non-hydrogen) atoms. The lowest BCUT2D eigenvalue weighted by molar-refractivity contribution is 0.516. The Kier molecular flexibility index (Phi) is 5.33. The lowest BCUT2D eigenvalue weighted by Gasteiger charge is -2.22. The van der Waals surface area contributed by atoms with Gasteiger partial charge in [0.15, 0.2) is 0 Å². The first kappa shape index (κ1) is 14.2. The number of thiocarbonyl (C=S) groups is 1. The minimum Gasteiger partial charge on any atom is -0.389 e. The van der Waals surface area contributed by atoms with Gasteiger partial charge in [-0.15, -0.1) is 0 Å². The molecule has 5 heteroatoms. The first-order valence-corrected chi connectivity index (χ1v) is 8.43. The molecular weight excluding hydrogens is 328 g/mol. The number of benzene rings is 1. The van der Waals surface area contributed by atoms with Crippen LogP contribution in [0.1, 0.15) is 18.4 Å². The van der Waals surface area contributed by atoms with Crippen molar-refractivity contribution in [3.63, 3.8) is 0 Å². The molecular formula is C13H17BrN2S2. The quantitative estimate of drug-likeness (QED) is 0.817. The molecule has 1 heterocycles. The molecule has 98 valence electrons. The van der Waals surface area contributed by atoms with Gasteiger partial charge in [0.25, 0.3) is 0 Å². The van der Waals surface area contributed by atoms with Gasteiger partial charge < -0.3 is 11.1 Å². The normalized spacial score (nSPS) is 16.5. The molecule has 3 N–H and O–H groups in total. The Labute approximate surface area is 126 Å². The predicted molar refractivity (Wildman–Crippen MR) is 88.6 cm³/mol. The Hall–Kier alpha value is -0.260. The maximum atomic E-state index is 5.76. The second-order valence-electron chi connectivity index (χ2n) is 4.49. The van der Waals surface area contributed by atoms with Crippen molar-refractivity contribution in [3.8, 4) is 0 Å². The van der Waals surface area contributed by atoms with Crippen molar-refractivity contribution in [3.05, 3.63) is 28.2 Å². The highest BCUT2D eigenvalue weighted by atomic mass is 79.9. The summed E-state index contributed by atoms with van der Waals surface area (Å²) in [5, 5.41) is 3.49. The second-order valence-corrected chi connectivity index (χ2v) is 7.07. The van der Waals surface area contributed by atoms with E-state index in [0.717, 1.165) is 28.2 Å². The molecule has 1 aliphatic heterocycles. The smallest absolute Gasteiger partial charge is 0.106 e. The van der Waals surface area contributed by atoms with Crippen LogP contribution in [0.2, 0.25) is 0 Å². The van der Waals surface area contributed by atoms with Gasteiger partial charge in [-0.2, -0.15) is 11.8 Å². The molecule has 0 unspecified atom stereocenters. The third kappa shape index (κ3) is 3.87. The van der Waals surface area contributed by atoms with E-state index >= 15 is 0 Å². The Bertz CT molecular complexity index is 431. The van der Waals surface area contributed by atoms with Crippen molar-refractivity contribution < 1.29 is 0 Å². The summed E-state index contributed by atoms with van der Waals surface area (Å²) >= 11 is 10.6. The molecule has 2 nitrogen and oxygen atoms in total. The Morgan fingerprint density at radius 1 is 1.44 bits per heavy atom. The highest BCUT2D eigenvalue weighted by molar-refractivity contribution is 9.10. The minimum atomic E-state index is 0.443.